The first-order chi connectivity index (χ1) is 11.8. The van der Waals surface area contributed by atoms with Crippen LogP contribution in [0.25, 0.3) is 0 Å². The van der Waals surface area contributed by atoms with Crippen molar-refractivity contribution in [1.29, 1.82) is 0 Å². The molecule has 0 saturated carbocycles. The summed E-state index contributed by atoms with van der Waals surface area (Å²) in [6, 6.07) is 1.83. The summed E-state index contributed by atoms with van der Waals surface area (Å²) in [6.45, 7) is 8.90. The van der Waals surface area contributed by atoms with Gasteiger partial charge in [0, 0.05) is 64.8 Å². The van der Waals surface area contributed by atoms with Crippen LogP contribution in [0.15, 0.2) is 23.5 Å². The largest absolute Gasteiger partial charge is 0.380 e. The van der Waals surface area contributed by atoms with Gasteiger partial charge in [0.25, 0.3) is 0 Å². The Morgan fingerprint density at radius 3 is 2.67 bits per heavy atom. The fraction of sp³-hybridized carbons (Fsp3) is 0.688. The highest BCUT2D eigenvalue weighted by molar-refractivity contribution is 5.78. The summed E-state index contributed by atoms with van der Waals surface area (Å²) >= 11 is 0. The fourth-order valence-corrected chi connectivity index (χ4v) is 3.02. The minimum atomic E-state index is 0.648. The van der Waals surface area contributed by atoms with Crippen molar-refractivity contribution in [2.75, 3.05) is 70.5 Å². The molecule has 0 spiro atoms. The van der Waals surface area contributed by atoms with E-state index < -0.39 is 0 Å². The van der Waals surface area contributed by atoms with Gasteiger partial charge < -0.3 is 20.3 Å². The van der Waals surface area contributed by atoms with Gasteiger partial charge in [-0.2, -0.15) is 0 Å². The second kappa shape index (κ2) is 8.79. The number of hydrogen-bond acceptors (Lipinski definition) is 6. The first kappa shape index (κ1) is 16.9. The normalized spacial score (nSPS) is 20.9. The minimum Gasteiger partial charge on any atom is -0.380 e. The standard InChI is InChI=1S/C16H27N7O/c17-15(18-5-7-21-6-2-13-24-14-12-21)22-8-10-23(11-9-22)16-19-3-1-4-20-16/h1,3-4H,2,5-14H2,(H2,17,18). The van der Waals surface area contributed by atoms with Gasteiger partial charge in [-0.1, -0.05) is 0 Å². The number of piperazine rings is 1. The van der Waals surface area contributed by atoms with Gasteiger partial charge in [0.15, 0.2) is 5.96 Å². The number of anilines is 1. The first-order valence-corrected chi connectivity index (χ1v) is 8.70. The van der Waals surface area contributed by atoms with Crippen molar-refractivity contribution in [3.05, 3.63) is 18.5 Å². The van der Waals surface area contributed by atoms with Gasteiger partial charge in [-0.3, -0.25) is 9.89 Å². The van der Waals surface area contributed by atoms with E-state index in [9.17, 15) is 0 Å². The maximum Gasteiger partial charge on any atom is 0.225 e. The Kier molecular flexibility index (Phi) is 6.20. The predicted octanol–water partition coefficient (Wildman–Crippen LogP) is -0.364. The SMILES string of the molecule is NC(=NCCN1CCCOCC1)N1CCN(c2ncccn2)CC1. The molecule has 3 rings (SSSR count). The molecule has 0 unspecified atom stereocenters. The monoisotopic (exact) mass is 333 g/mol. The van der Waals surface area contributed by atoms with Crippen LogP contribution in [0.4, 0.5) is 5.95 Å². The van der Waals surface area contributed by atoms with Crippen LogP contribution < -0.4 is 10.6 Å². The molecule has 8 nitrogen and oxygen atoms in total. The van der Waals surface area contributed by atoms with Crippen molar-refractivity contribution in [2.24, 2.45) is 10.7 Å². The number of nitrogens with two attached hydrogens (primary N) is 1. The Balaban J connectivity index is 1.42. The van der Waals surface area contributed by atoms with Crippen LogP contribution in [0.1, 0.15) is 6.42 Å². The molecule has 3 heterocycles. The minimum absolute atomic E-state index is 0.648. The molecule has 0 radical (unpaired) electrons. The van der Waals surface area contributed by atoms with Crippen LogP contribution in [0.3, 0.4) is 0 Å². The quantitative estimate of drug-likeness (QED) is 0.595. The molecule has 1 aromatic rings. The van der Waals surface area contributed by atoms with Crippen molar-refractivity contribution >= 4 is 11.9 Å². The third-order valence-electron chi connectivity index (χ3n) is 4.44. The van der Waals surface area contributed by atoms with Gasteiger partial charge in [-0.25, -0.2) is 9.97 Å². The molecule has 0 bridgehead atoms. The number of aliphatic imine (C=N–C) groups is 1. The van der Waals surface area contributed by atoms with E-state index in [-0.39, 0.29) is 0 Å². The van der Waals surface area contributed by atoms with Crippen LogP contribution in [0.2, 0.25) is 0 Å². The Morgan fingerprint density at radius 2 is 1.88 bits per heavy atom. The molecule has 24 heavy (non-hydrogen) atoms. The number of nitrogens with zero attached hydrogens (tertiary/aromatic N) is 6. The molecule has 0 atom stereocenters. The lowest BCUT2D eigenvalue weighted by molar-refractivity contribution is 0.142. The molecular formula is C16H27N7O. The van der Waals surface area contributed by atoms with E-state index >= 15 is 0 Å². The number of hydrogen-bond donors (Lipinski definition) is 1. The Hall–Kier alpha value is -1.93. The van der Waals surface area contributed by atoms with Crippen LogP contribution in [0, 0.1) is 0 Å². The molecule has 0 aromatic carbocycles. The first-order valence-electron chi connectivity index (χ1n) is 8.70. The molecule has 2 saturated heterocycles. The molecule has 0 aliphatic carbocycles. The topological polar surface area (TPSA) is 83.1 Å². The van der Waals surface area contributed by atoms with E-state index in [2.05, 4.69) is 29.7 Å². The zero-order chi connectivity index (χ0) is 16.6. The van der Waals surface area contributed by atoms with Crippen molar-refractivity contribution in [3.63, 3.8) is 0 Å². The predicted molar refractivity (Wildman–Crippen MR) is 94.2 cm³/mol. The average molecular weight is 333 g/mol. The Bertz CT molecular complexity index is 508. The van der Waals surface area contributed by atoms with Crippen molar-refractivity contribution < 1.29 is 4.74 Å². The molecule has 2 N–H and O–H groups in total. The van der Waals surface area contributed by atoms with Gasteiger partial charge in [0.1, 0.15) is 0 Å². The van der Waals surface area contributed by atoms with Crippen LogP contribution in [-0.4, -0.2) is 91.3 Å². The number of ether oxygens (including phenoxy) is 1. The summed E-state index contributed by atoms with van der Waals surface area (Å²) < 4.78 is 5.47. The van der Waals surface area contributed by atoms with Gasteiger partial charge in [0.05, 0.1) is 13.2 Å². The molecule has 8 heteroatoms. The summed E-state index contributed by atoms with van der Waals surface area (Å²) in [5.41, 5.74) is 6.16. The van der Waals surface area contributed by atoms with Crippen LogP contribution in [0.5, 0.6) is 0 Å². The van der Waals surface area contributed by atoms with Crippen LogP contribution in [-0.2, 0) is 4.74 Å². The van der Waals surface area contributed by atoms with Gasteiger partial charge in [0.2, 0.25) is 5.95 Å². The van der Waals surface area contributed by atoms with Crippen molar-refractivity contribution in [1.82, 2.24) is 19.8 Å². The van der Waals surface area contributed by atoms with E-state index in [0.29, 0.717) is 5.96 Å². The maximum absolute atomic E-state index is 6.16. The molecule has 2 fully saturated rings. The summed E-state index contributed by atoms with van der Waals surface area (Å²) in [5, 5.41) is 0. The summed E-state index contributed by atoms with van der Waals surface area (Å²) in [7, 11) is 0. The number of rotatable bonds is 4. The van der Waals surface area contributed by atoms with Crippen molar-refractivity contribution in [3.8, 4) is 0 Å². The lowest BCUT2D eigenvalue weighted by atomic mass is 10.3. The lowest BCUT2D eigenvalue weighted by Gasteiger charge is -2.35. The van der Waals surface area contributed by atoms with E-state index in [0.717, 1.165) is 77.9 Å². The zero-order valence-corrected chi connectivity index (χ0v) is 14.2. The van der Waals surface area contributed by atoms with Crippen LogP contribution >= 0.6 is 0 Å². The Morgan fingerprint density at radius 1 is 1.08 bits per heavy atom. The summed E-state index contributed by atoms with van der Waals surface area (Å²) in [4.78, 5) is 19.9. The Labute approximate surface area is 143 Å². The summed E-state index contributed by atoms with van der Waals surface area (Å²) in [5.74, 6) is 1.44. The zero-order valence-electron chi connectivity index (χ0n) is 14.2. The second-order valence-electron chi connectivity index (χ2n) is 6.07. The average Bonchev–Trinajstić information content (AvgIpc) is 2.91. The molecular weight excluding hydrogens is 306 g/mol. The third kappa shape index (κ3) is 4.78. The van der Waals surface area contributed by atoms with E-state index in [1.54, 1.807) is 12.4 Å². The molecule has 2 aliphatic rings. The molecule has 2 aliphatic heterocycles. The van der Waals surface area contributed by atoms with Gasteiger partial charge >= 0.3 is 0 Å². The molecule has 132 valence electrons. The smallest absolute Gasteiger partial charge is 0.225 e. The van der Waals surface area contributed by atoms with Gasteiger partial charge in [-0.05, 0) is 12.5 Å². The molecule has 1 aromatic heterocycles. The van der Waals surface area contributed by atoms with Crippen molar-refractivity contribution in [2.45, 2.75) is 6.42 Å². The van der Waals surface area contributed by atoms with Gasteiger partial charge in [-0.15, -0.1) is 0 Å². The highest BCUT2D eigenvalue weighted by Gasteiger charge is 2.19. The van der Waals surface area contributed by atoms with E-state index in [1.807, 2.05) is 6.07 Å². The fourth-order valence-electron chi connectivity index (χ4n) is 3.02. The number of aromatic nitrogens is 2. The van der Waals surface area contributed by atoms with E-state index in [1.165, 1.54) is 0 Å². The summed E-state index contributed by atoms with van der Waals surface area (Å²) in [6.07, 6.45) is 4.65. The third-order valence-corrected chi connectivity index (χ3v) is 4.44. The lowest BCUT2D eigenvalue weighted by Crippen LogP contribution is -2.51. The molecule has 0 amide bonds. The van der Waals surface area contributed by atoms with E-state index in [4.69, 9.17) is 10.5 Å². The maximum atomic E-state index is 6.16. The highest BCUT2D eigenvalue weighted by Crippen LogP contribution is 2.09. The number of guanidine groups is 1. The highest BCUT2D eigenvalue weighted by atomic mass is 16.5. The second-order valence-corrected chi connectivity index (χ2v) is 6.07.